The molecule has 0 radical (unpaired) electrons. The molecule has 34 heavy (non-hydrogen) atoms. The van der Waals surface area contributed by atoms with Gasteiger partial charge >= 0.3 is 0 Å². The molecule has 2 aromatic rings. The average molecular weight is 462 g/mol. The van der Waals surface area contributed by atoms with E-state index in [4.69, 9.17) is 0 Å². The summed E-state index contributed by atoms with van der Waals surface area (Å²) in [5.74, 6) is -0.527. The van der Waals surface area contributed by atoms with Crippen molar-refractivity contribution >= 4 is 29.1 Å². The molecule has 1 heterocycles. The maximum Gasteiger partial charge on any atom is 0.255 e. The van der Waals surface area contributed by atoms with Gasteiger partial charge in [0.2, 0.25) is 5.91 Å². The SMILES string of the molecule is CC(C)(C)c1ccc(NCC(=O)NCc2ccc3c(c2)CN(C2CCC(=O)CC2=O)C3=O)cc1. The number of anilines is 1. The van der Waals surface area contributed by atoms with E-state index in [2.05, 4.69) is 43.5 Å². The van der Waals surface area contributed by atoms with E-state index in [0.29, 0.717) is 31.5 Å². The normalized spacial score (nSPS) is 18.1. The molecule has 1 saturated carbocycles. The maximum absolute atomic E-state index is 12.8. The minimum absolute atomic E-state index is 0.0557. The Morgan fingerprint density at radius 1 is 1.06 bits per heavy atom. The van der Waals surface area contributed by atoms with Gasteiger partial charge in [-0.25, -0.2) is 0 Å². The number of fused-ring (bicyclic) bond motifs is 1. The summed E-state index contributed by atoms with van der Waals surface area (Å²) in [5.41, 5.74) is 4.52. The Morgan fingerprint density at radius 3 is 2.47 bits per heavy atom. The number of nitrogens with one attached hydrogen (secondary N) is 2. The number of rotatable bonds is 6. The van der Waals surface area contributed by atoms with Crippen LogP contribution < -0.4 is 10.6 Å². The topological polar surface area (TPSA) is 95.6 Å². The van der Waals surface area contributed by atoms with Crippen LogP contribution in [0.3, 0.4) is 0 Å². The zero-order chi connectivity index (χ0) is 24.5. The minimum atomic E-state index is -0.524. The first kappa shape index (κ1) is 23.7. The third-order valence-corrected chi connectivity index (χ3v) is 6.51. The standard InChI is InChI=1S/C27H31N3O4/c1-27(2,3)19-5-7-20(8-6-19)28-15-25(33)29-14-17-4-10-22-18(12-17)16-30(26(22)34)23-11-9-21(31)13-24(23)32/h4-8,10,12,23,28H,9,11,13-16H2,1-3H3,(H,29,33). The first-order valence-corrected chi connectivity index (χ1v) is 11.7. The molecule has 1 aliphatic heterocycles. The molecule has 7 heteroatoms. The first-order chi connectivity index (χ1) is 16.1. The van der Waals surface area contributed by atoms with Gasteiger partial charge < -0.3 is 15.5 Å². The molecule has 0 aromatic heterocycles. The van der Waals surface area contributed by atoms with Crippen molar-refractivity contribution in [2.45, 2.75) is 64.6 Å². The van der Waals surface area contributed by atoms with E-state index in [9.17, 15) is 19.2 Å². The van der Waals surface area contributed by atoms with E-state index in [-0.39, 0.29) is 41.8 Å². The third-order valence-electron chi connectivity index (χ3n) is 6.51. The molecule has 178 valence electrons. The van der Waals surface area contributed by atoms with Crippen LogP contribution in [-0.2, 0) is 32.9 Å². The fourth-order valence-corrected chi connectivity index (χ4v) is 4.48. The van der Waals surface area contributed by atoms with Crippen molar-refractivity contribution in [3.8, 4) is 0 Å². The Hall–Kier alpha value is -3.48. The van der Waals surface area contributed by atoms with Crippen molar-refractivity contribution in [1.29, 1.82) is 0 Å². The van der Waals surface area contributed by atoms with Crippen molar-refractivity contribution in [3.63, 3.8) is 0 Å². The molecule has 0 bridgehead atoms. The molecule has 1 aliphatic carbocycles. The number of Topliss-reactive ketones (excluding diaryl/α,β-unsaturated/α-hetero) is 2. The van der Waals surface area contributed by atoms with Crippen LogP contribution in [0.1, 0.15) is 67.1 Å². The summed E-state index contributed by atoms with van der Waals surface area (Å²) in [6, 6.07) is 13.0. The molecule has 7 nitrogen and oxygen atoms in total. The molecule has 1 fully saturated rings. The highest BCUT2D eigenvalue weighted by atomic mass is 16.2. The van der Waals surface area contributed by atoms with Gasteiger partial charge in [-0.15, -0.1) is 0 Å². The number of carbonyl (C=O) groups is 4. The van der Waals surface area contributed by atoms with Crippen LogP contribution >= 0.6 is 0 Å². The van der Waals surface area contributed by atoms with Gasteiger partial charge in [0.1, 0.15) is 5.78 Å². The number of ketones is 2. The summed E-state index contributed by atoms with van der Waals surface area (Å²) >= 11 is 0. The summed E-state index contributed by atoms with van der Waals surface area (Å²) in [6.45, 7) is 7.34. The zero-order valence-corrected chi connectivity index (χ0v) is 19.9. The van der Waals surface area contributed by atoms with E-state index >= 15 is 0 Å². The van der Waals surface area contributed by atoms with Gasteiger partial charge in [0.25, 0.3) is 5.91 Å². The van der Waals surface area contributed by atoms with Crippen molar-refractivity contribution in [3.05, 3.63) is 64.7 Å². The van der Waals surface area contributed by atoms with E-state index in [1.54, 1.807) is 11.0 Å². The van der Waals surface area contributed by atoms with Crippen LogP contribution in [0.15, 0.2) is 42.5 Å². The number of hydrogen-bond donors (Lipinski definition) is 2. The molecular weight excluding hydrogens is 430 g/mol. The molecule has 1 unspecified atom stereocenters. The van der Waals surface area contributed by atoms with Gasteiger partial charge in [0, 0.05) is 30.8 Å². The largest absolute Gasteiger partial charge is 0.376 e. The van der Waals surface area contributed by atoms with Crippen LogP contribution in [-0.4, -0.2) is 40.9 Å². The first-order valence-electron chi connectivity index (χ1n) is 11.7. The van der Waals surface area contributed by atoms with E-state index in [1.165, 1.54) is 5.56 Å². The Kier molecular flexibility index (Phi) is 6.55. The summed E-state index contributed by atoms with van der Waals surface area (Å²) in [4.78, 5) is 50.5. The van der Waals surface area contributed by atoms with Gasteiger partial charge in [-0.05, 0) is 46.7 Å². The van der Waals surface area contributed by atoms with E-state index in [0.717, 1.165) is 16.8 Å². The molecule has 2 N–H and O–H groups in total. The Bertz CT molecular complexity index is 1130. The van der Waals surface area contributed by atoms with Crippen LogP contribution in [0.2, 0.25) is 0 Å². The highest BCUT2D eigenvalue weighted by molar-refractivity contribution is 6.07. The van der Waals surface area contributed by atoms with Crippen molar-refractivity contribution in [1.82, 2.24) is 10.2 Å². The monoisotopic (exact) mass is 461 g/mol. The minimum Gasteiger partial charge on any atom is -0.376 e. The molecule has 2 amide bonds. The smallest absolute Gasteiger partial charge is 0.255 e. The highest BCUT2D eigenvalue weighted by Gasteiger charge is 2.38. The summed E-state index contributed by atoms with van der Waals surface area (Å²) < 4.78 is 0. The van der Waals surface area contributed by atoms with Crippen molar-refractivity contribution in [2.75, 3.05) is 11.9 Å². The van der Waals surface area contributed by atoms with Crippen LogP contribution in [0.5, 0.6) is 0 Å². The molecule has 4 rings (SSSR count). The number of carbonyl (C=O) groups excluding carboxylic acids is 4. The third kappa shape index (κ3) is 5.19. The fraction of sp³-hybridized carbons (Fsp3) is 0.407. The predicted molar refractivity (Wildman–Crippen MR) is 129 cm³/mol. The lowest BCUT2D eigenvalue weighted by atomic mass is 9.87. The average Bonchev–Trinajstić information content (AvgIpc) is 3.11. The lowest BCUT2D eigenvalue weighted by Crippen LogP contribution is -2.44. The second-order valence-corrected chi connectivity index (χ2v) is 10.1. The summed E-state index contributed by atoms with van der Waals surface area (Å²) in [5, 5.41) is 6.04. The lowest BCUT2D eigenvalue weighted by Gasteiger charge is -2.29. The second kappa shape index (κ2) is 9.41. The Morgan fingerprint density at radius 2 is 1.79 bits per heavy atom. The number of nitrogens with zero attached hydrogens (tertiary/aromatic N) is 1. The summed E-state index contributed by atoms with van der Waals surface area (Å²) in [6.07, 6.45) is 0.645. The molecule has 2 aliphatic rings. The quantitative estimate of drug-likeness (QED) is 0.643. The van der Waals surface area contributed by atoms with E-state index in [1.807, 2.05) is 24.3 Å². The number of amides is 2. The van der Waals surface area contributed by atoms with Crippen LogP contribution in [0, 0.1) is 0 Å². The second-order valence-electron chi connectivity index (χ2n) is 10.1. The van der Waals surface area contributed by atoms with Gasteiger partial charge in [0.05, 0.1) is 19.0 Å². The number of hydrogen-bond acceptors (Lipinski definition) is 5. The Labute approximate surface area is 199 Å². The molecule has 0 saturated heterocycles. The van der Waals surface area contributed by atoms with E-state index < -0.39 is 6.04 Å². The lowest BCUT2D eigenvalue weighted by molar-refractivity contribution is -0.133. The van der Waals surface area contributed by atoms with Gasteiger partial charge in [-0.3, -0.25) is 19.2 Å². The fourth-order valence-electron chi connectivity index (χ4n) is 4.48. The molecular formula is C27H31N3O4. The zero-order valence-electron chi connectivity index (χ0n) is 19.9. The predicted octanol–water partition coefficient (Wildman–Crippen LogP) is 3.36. The number of benzene rings is 2. The van der Waals surface area contributed by atoms with Gasteiger partial charge in [-0.1, -0.05) is 45.0 Å². The van der Waals surface area contributed by atoms with Crippen molar-refractivity contribution < 1.29 is 19.2 Å². The Balaban J connectivity index is 1.30. The van der Waals surface area contributed by atoms with Crippen LogP contribution in [0.4, 0.5) is 5.69 Å². The van der Waals surface area contributed by atoms with Gasteiger partial charge in [-0.2, -0.15) is 0 Å². The highest BCUT2D eigenvalue weighted by Crippen LogP contribution is 2.29. The summed E-state index contributed by atoms with van der Waals surface area (Å²) in [7, 11) is 0. The van der Waals surface area contributed by atoms with Crippen LogP contribution in [0.25, 0.3) is 0 Å². The molecule has 0 spiro atoms. The maximum atomic E-state index is 12.8. The molecule has 2 aromatic carbocycles. The van der Waals surface area contributed by atoms with Gasteiger partial charge in [0.15, 0.2) is 5.78 Å². The van der Waals surface area contributed by atoms with Crippen molar-refractivity contribution in [2.24, 2.45) is 0 Å². The molecule has 1 atom stereocenters.